The van der Waals surface area contributed by atoms with Gasteiger partial charge in [0.05, 0.1) is 26.4 Å². The SMILES string of the molecule is CCCCCCCCCCCCOc1cc(C(=O)c2cc(OCCCCCCCCCCCC)c(O)c(OCCCCCCCCCCCC)c2)cc(OCCCCCCCCCCCC)c1O. The van der Waals surface area contributed by atoms with Crippen molar-refractivity contribution in [2.24, 2.45) is 0 Å². The molecule has 0 saturated heterocycles. The molecule has 0 unspecified atom stereocenters. The molecule has 0 atom stereocenters. The van der Waals surface area contributed by atoms with E-state index in [0.717, 1.165) is 51.4 Å². The largest absolute Gasteiger partial charge is 0.502 e. The lowest BCUT2D eigenvalue weighted by atomic mass is 10.0. The zero-order valence-electron chi connectivity index (χ0n) is 44.9. The number of rotatable bonds is 50. The fourth-order valence-corrected chi connectivity index (χ4v) is 9.12. The van der Waals surface area contributed by atoms with Gasteiger partial charge in [0.1, 0.15) is 0 Å². The van der Waals surface area contributed by atoms with Gasteiger partial charge in [-0.25, -0.2) is 0 Å². The van der Waals surface area contributed by atoms with E-state index in [1.54, 1.807) is 24.3 Å². The molecular formula is C61H106O7. The molecule has 0 fully saturated rings. The van der Waals surface area contributed by atoms with Crippen molar-refractivity contribution in [1.82, 2.24) is 0 Å². The number of ketones is 1. The highest BCUT2D eigenvalue weighted by atomic mass is 16.5. The fourth-order valence-electron chi connectivity index (χ4n) is 9.12. The smallest absolute Gasteiger partial charge is 0.200 e. The van der Waals surface area contributed by atoms with Gasteiger partial charge in [0.15, 0.2) is 28.8 Å². The molecule has 0 saturated carbocycles. The van der Waals surface area contributed by atoms with Crippen molar-refractivity contribution >= 4 is 5.78 Å². The molecule has 0 spiro atoms. The maximum absolute atomic E-state index is 14.5. The van der Waals surface area contributed by atoms with Crippen LogP contribution >= 0.6 is 0 Å². The van der Waals surface area contributed by atoms with E-state index in [9.17, 15) is 15.0 Å². The summed E-state index contributed by atoms with van der Waals surface area (Å²) in [6, 6.07) is 6.57. The molecule has 0 amide bonds. The Morgan fingerprint density at radius 2 is 0.456 bits per heavy atom. The number of unbranched alkanes of at least 4 members (excludes halogenated alkanes) is 36. The van der Waals surface area contributed by atoms with Crippen LogP contribution in [0, 0.1) is 0 Å². The average molecular weight is 952 g/mol. The minimum Gasteiger partial charge on any atom is -0.502 e. The van der Waals surface area contributed by atoms with Gasteiger partial charge in [0.2, 0.25) is 11.5 Å². The predicted octanol–water partition coefficient (Wildman–Crippen LogP) is 19.5. The highest BCUT2D eigenvalue weighted by molar-refractivity contribution is 6.10. The number of carbonyl (C=O) groups is 1. The molecule has 68 heavy (non-hydrogen) atoms. The Morgan fingerprint density at radius 3 is 0.632 bits per heavy atom. The van der Waals surface area contributed by atoms with Crippen molar-refractivity contribution in [2.75, 3.05) is 26.4 Å². The summed E-state index contributed by atoms with van der Waals surface area (Å²) in [6.07, 6.45) is 48.9. The van der Waals surface area contributed by atoms with Crippen LogP contribution < -0.4 is 18.9 Å². The van der Waals surface area contributed by atoms with E-state index in [4.69, 9.17) is 18.9 Å². The molecule has 0 aliphatic heterocycles. The molecular weight excluding hydrogens is 845 g/mol. The molecule has 392 valence electrons. The summed E-state index contributed by atoms with van der Waals surface area (Å²) in [7, 11) is 0. The number of phenolic OH excluding ortho intramolecular Hbond substituents is 2. The van der Waals surface area contributed by atoms with Gasteiger partial charge in [-0.15, -0.1) is 0 Å². The van der Waals surface area contributed by atoms with Crippen LogP contribution in [0.2, 0.25) is 0 Å². The third-order valence-electron chi connectivity index (χ3n) is 13.6. The molecule has 0 aromatic heterocycles. The van der Waals surface area contributed by atoms with Crippen LogP contribution in [0.15, 0.2) is 24.3 Å². The predicted molar refractivity (Wildman–Crippen MR) is 289 cm³/mol. The van der Waals surface area contributed by atoms with Crippen LogP contribution in [0.5, 0.6) is 34.5 Å². The Kier molecular flexibility index (Phi) is 39.4. The van der Waals surface area contributed by atoms with Crippen LogP contribution in [0.25, 0.3) is 0 Å². The number of carbonyl (C=O) groups excluding carboxylic acids is 1. The molecule has 2 aromatic carbocycles. The first-order valence-electron chi connectivity index (χ1n) is 29.3. The van der Waals surface area contributed by atoms with Crippen molar-refractivity contribution in [3.8, 4) is 34.5 Å². The zero-order valence-corrected chi connectivity index (χ0v) is 44.9. The number of hydrogen-bond donors (Lipinski definition) is 2. The van der Waals surface area contributed by atoms with Crippen LogP contribution in [-0.4, -0.2) is 42.4 Å². The molecule has 0 heterocycles. The summed E-state index contributed by atoms with van der Waals surface area (Å²) in [4.78, 5) is 14.5. The highest BCUT2D eigenvalue weighted by Gasteiger charge is 2.22. The lowest BCUT2D eigenvalue weighted by Crippen LogP contribution is -2.08. The minimum absolute atomic E-state index is 0.0626. The molecule has 2 N–H and O–H groups in total. The summed E-state index contributed by atoms with van der Waals surface area (Å²) >= 11 is 0. The van der Waals surface area contributed by atoms with Crippen molar-refractivity contribution in [2.45, 2.75) is 285 Å². The van der Waals surface area contributed by atoms with Crippen LogP contribution in [-0.2, 0) is 0 Å². The summed E-state index contributed by atoms with van der Waals surface area (Å²) in [5.41, 5.74) is 0.705. The maximum atomic E-state index is 14.5. The Balaban J connectivity index is 2.17. The first-order chi connectivity index (χ1) is 33.5. The van der Waals surface area contributed by atoms with Gasteiger partial charge >= 0.3 is 0 Å². The average Bonchev–Trinajstić information content (AvgIpc) is 3.34. The first-order valence-corrected chi connectivity index (χ1v) is 29.3. The fraction of sp³-hybridized carbons (Fsp3) is 0.787. The zero-order chi connectivity index (χ0) is 49.0. The van der Waals surface area contributed by atoms with Crippen LogP contribution in [0.3, 0.4) is 0 Å². The summed E-state index contributed by atoms with van der Waals surface area (Å²) in [5.74, 6) is 0.652. The second-order valence-corrected chi connectivity index (χ2v) is 20.1. The van der Waals surface area contributed by atoms with E-state index >= 15 is 0 Å². The Labute approximate surface area is 419 Å². The molecule has 2 rings (SSSR count). The van der Waals surface area contributed by atoms with Crippen molar-refractivity contribution in [3.05, 3.63) is 35.4 Å². The minimum atomic E-state index is -0.273. The van der Waals surface area contributed by atoms with Gasteiger partial charge in [-0.1, -0.05) is 259 Å². The Hall–Kier alpha value is -3.09. The topological polar surface area (TPSA) is 94.5 Å². The van der Waals surface area contributed by atoms with E-state index in [2.05, 4.69) is 27.7 Å². The Morgan fingerprint density at radius 1 is 0.294 bits per heavy atom. The highest BCUT2D eigenvalue weighted by Crippen LogP contribution is 2.41. The quantitative estimate of drug-likeness (QED) is 0.0504. The number of hydrogen-bond acceptors (Lipinski definition) is 7. The van der Waals surface area contributed by atoms with Gasteiger partial charge in [-0.05, 0) is 49.9 Å². The van der Waals surface area contributed by atoms with E-state index in [1.165, 1.54) is 205 Å². The van der Waals surface area contributed by atoms with Crippen LogP contribution in [0.4, 0.5) is 0 Å². The van der Waals surface area contributed by atoms with Gasteiger partial charge < -0.3 is 29.2 Å². The second-order valence-electron chi connectivity index (χ2n) is 20.1. The third kappa shape index (κ3) is 30.5. The van der Waals surface area contributed by atoms with E-state index in [0.29, 0.717) is 37.6 Å². The summed E-state index contributed by atoms with van der Waals surface area (Å²) < 4.78 is 24.9. The number of benzene rings is 2. The molecule has 0 radical (unpaired) electrons. The monoisotopic (exact) mass is 951 g/mol. The molecule has 0 aliphatic carbocycles. The number of aromatic hydroxyl groups is 2. The Bertz CT molecular complexity index is 1270. The molecule has 7 heteroatoms. The molecule has 0 aliphatic rings. The van der Waals surface area contributed by atoms with Gasteiger partial charge in [-0.2, -0.15) is 0 Å². The van der Waals surface area contributed by atoms with E-state index < -0.39 is 0 Å². The molecule has 0 bridgehead atoms. The number of phenols is 2. The van der Waals surface area contributed by atoms with Gasteiger partial charge in [-0.3, -0.25) is 4.79 Å². The first kappa shape index (κ1) is 61.0. The van der Waals surface area contributed by atoms with Gasteiger partial charge in [0.25, 0.3) is 0 Å². The third-order valence-corrected chi connectivity index (χ3v) is 13.6. The normalized spacial score (nSPS) is 11.4. The van der Waals surface area contributed by atoms with Crippen molar-refractivity contribution < 1.29 is 34.0 Å². The van der Waals surface area contributed by atoms with Crippen molar-refractivity contribution in [3.63, 3.8) is 0 Å². The van der Waals surface area contributed by atoms with Gasteiger partial charge in [0, 0.05) is 11.1 Å². The lowest BCUT2D eigenvalue weighted by molar-refractivity contribution is 0.103. The van der Waals surface area contributed by atoms with Crippen molar-refractivity contribution in [1.29, 1.82) is 0 Å². The van der Waals surface area contributed by atoms with E-state index in [1.807, 2.05) is 0 Å². The lowest BCUT2D eigenvalue weighted by Gasteiger charge is -2.17. The van der Waals surface area contributed by atoms with Crippen LogP contribution in [0.1, 0.15) is 300 Å². The second kappa shape index (κ2) is 43.9. The maximum Gasteiger partial charge on any atom is 0.200 e. The molecule has 7 nitrogen and oxygen atoms in total. The molecule has 2 aromatic rings. The number of ether oxygens (including phenoxy) is 4. The summed E-state index contributed by atoms with van der Waals surface area (Å²) in [6.45, 7) is 10.8. The van der Waals surface area contributed by atoms with E-state index in [-0.39, 0.29) is 40.3 Å². The summed E-state index contributed by atoms with van der Waals surface area (Å²) in [5, 5.41) is 22.9. The standard InChI is InChI=1S/C61H106O7/c1-5-9-13-17-21-25-29-33-37-41-45-65-55-49-53(50-56(60(55)63)66-46-42-38-34-30-26-22-18-14-10-6-2)59(62)54-51-57(67-47-43-39-35-31-27-23-19-15-11-7-3)61(64)58(52-54)68-48-44-40-36-32-28-24-20-16-12-8-4/h49-52,63-64H,5-48H2,1-4H3.